The maximum absolute atomic E-state index is 5.85. The van der Waals surface area contributed by atoms with Crippen LogP contribution in [0.25, 0.3) is 0 Å². The second-order valence-corrected chi connectivity index (χ2v) is 8.52. The lowest BCUT2D eigenvalue weighted by Gasteiger charge is -2.32. The highest BCUT2D eigenvalue weighted by Crippen LogP contribution is 2.22. The SMILES string of the molecule is Cc1[nH][n+](C)c(C)c1NOSc1ccc(COCCCN2CCN(C)CC2)cc1. The topological polar surface area (TPSA) is 56.6 Å². The van der Waals surface area contributed by atoms with Gasteiger partial charge >= 0.3 is 0 Å². The maximum Gasteiger partial charge on any atom is 0.229 e. The number of benzene rings is 1. The van der Waals surface area contributed by atoms with E-state index in [1.165, 1.54) is 43.8 Å². The van der Waals surface area contributed by atoms with Crippen LogP contribution in [0.3, 0.4) is 0 Å². The monoisotopic (exact) mass is 420 g/mol. The molecule has 8 heteroatoms. The van der Waals surface area contributed by atoms with Gasteiger partial charge in [0.1, 0.15) is 5.69 Å². The summed E-state index contributed by atoms with van der Waals surface area (Å²) >= 11 is 1.31. The number of anilines is 1. The fraction of sp³-hybridized carbons (Fsp3) is 0.571. The predicted octanol–water partition coefficient (Wildman–Crippen LogP) is 2.66. The molecule has 1 aromatic heterocycles. The van der Waals surface area contributed by atoms with Gasteiger partial charge in [0.15, 0.2) is 12.7 Å². The van der Waals surface area contributed by atoms with Gasteiger partial charge in [0.25, 0.3) is 0 Å². The van der Waals surface area contributed by atoms with Gasteiger partial charge in [-0.15, -0.1) is 4.68 Å². The highest BCUT2D eigenvalue weighted by atomic mass is 32.2. The van der Waals surface area contributed by atoms with E-state index in [-0.39, 0.29) is 0 Å². The summed E-state index contributed by atoms with van der Waals surface area (Å²) in [5.41, 5.74) is 7.33. The average molecular weight is 421 g/mol. The van der Waals surface area contributed by atoms with Crippen molar-refractivity contribution >= 4 is 17.7 Å². The molecule has 0 aliphatic carbocycles. The third kappa shape index (κ3) is 6.72. The molecule has 7 nitrogen and oxygen atoms in total. The van der Waals surface area contributed by atoms with Gasteiger partial charge in [-0.05, 0) is 38.1 Å². The second-order valence-electron chi connectivity index (χ2n) is 7.72. The molecule has 0 amide bonds. The number of nitrogens with one attached hydrogen (secondary N) is 2. The highest BCUT2D eigenvalue weighted by Gasteiger charge is 2.16. The third-order valence-electron chi connectivity index (χ3n) is 5.41. The van der Waals surface area contributed by atoms with Crippen LogP contribution in [0.5, 0.6) is 0 Å². The quantitative estimate of drug-likeness (QED) is 0.267. The van der Waals surface area contributed by atoms with Gasteiger partial charge in [0.05, 0.1) is 18.6 Å². The zero-order valence-corrected chi connectivity index (χ0v) is 18.8. The smallest absolute Gasteiger partial charge is 0.229 e. The zero-order valence-electron chi connectivity index (χ0n) is 18.0. The molecule has 2 aromatic rings. The Morgan fingerprint density at radius 2 is 1.86 bits per heavy atom. The molecule has 1 aliphatic rings. The van der Waals surface area contributed by atoms with Crippen molar-refractivity contribution in [3.8, 4) is 0 Å². The van der Waals surface area contributed by atoms with Gasteiger partial charge in [0, 0.05) is 51.1 Å². The molecule has 0 radical (unpaired) electrons. The van der Waals surface area contributed by atoms with Crippen molar-refractivity contribution in [1.82, 2.24) is 14.9 Å². The number of nitrogens with zero attached hydrogens (tertiary/aromatic N) is 3. The van der Waals surface area contributed by atoms with E-state index in [9.17, 15) is 0 Å². The van der Waals surface area contributed by atoms with E-state index in [0.717, 1.165) is 41.5 Å². The van der Waals surface area contributed by atoms with Crippen molar-refractivity contribution in [3.63, 3.8) is 0 Å². The molecule has 1 aliphatic heterocycles. The van der Waals surface area contributed by atoms with Crippen LogP contribution in [0.2, 0.25) is 0 Å². The first kappa shape index (κ1) is 22.1. The summed E-state index contributed by atoms with van der Waals surface area (Å²) in [6.07, 6.45) is 1.09. The molecule has 3 rings (SSSR count). The fourth-order valence-corrected chi connectivity index (χ4v) is 3.85. The summed E-state index contributed by atoms with van der Waals surface area (Å²) in [5.74, 6) is 0. The van der Waals surface area contributed by atoms with Crippen LogP contribution in [0, 0.1) is 13.8 Å². The highest BCUT2D eigenvalue weighted by molar-refractivity contribution is 7.94. The number of likely N-dealkylation sites (N-methyl/N-ethyl adjacent to an activating group) is 1. The summed E-state index contributed by atoms with van der Waals surface area (Å²) in [7, 11) is 4.17. The van der Waals surface area contributed by atoms with Crippen LogP contribution < -0.4 is 10.2 Å². The van der Waals surface area contributed by atoms with Crippen LogP contribution in [0.4, 0.5) is 5.69 Å². The van der Waals surface area contributed by atoms with Crippen molar-refractivity contribution in [2.75, 3.05) is 51.9 Å². The van der Waals surface area contributed by atoms with E-state index in [4.69, 9.17) is 9.02 Å². The molecule has 0 bridgehead atoms. The second kappa shape index (κ2) is 11.0. The number of piperazine rings is 1. The molecule has 0 atom stereocenters. The van der Waals surface area contributed by atoms with E-state index in [1.807, 2.05) is 25.6 Å². The fourth-order valence-electron chi connectivity index (χ4n) is 3.38. The molecule has 160 valence electrons. The summed E-state index contributed by atoms with van der Waals surface area (Å²) in [6, 6.07) is 8.32. The van der Waals surface area contributed by atoms with E-state index < -0.39 is 0 Å². The lowest BCUT2D eigenvalue weighted by atomic mass is 10.2. The van der Waals surface area contributed by atoms with Gasteiger partial charge in [-0.3, -0.25) is 0 Å². The molecule has 2 heterocycles. The van der Waals surface area contributed by atoms with E-state index in [2.05, 4.69) is 51.7 Å². The Kier molecular flexibility index (Phi) is 8.38. The molecule has 0 spiro atoms. The Hall–Kier alpha value is -1.58. The van der Waals surface area contributed by atoms with E-state index in [1.54, 1.807) is 0 Å². The molecule has 2 N–H and O–H groups in total. The van der Waals surface area contributed by atoms with Crippen molar-refractivity contribution in [2.45, 2.75) is 31.8 Å². The van der Waals surface area contributed by atoms with Crippen LogP contribution in [0.1, 0.15) is 23.4 Å². The zero-order chi connectivity index (χ0) is 20.6. The minimum absolute atomic E-state index is 0.658. The van der Waals surface area contributed by atoms with Crippen LogP contribution >= 0.6 is 12.0 Å². The van der Waals surface area contributed by atoms with Crippen LogP contribution in [-0.2, 0) is 22.7 Å². The van der Waals surface area contributed by atoms with Crippen molar-refractivity contribution in [2.24, 2.45) is 7.05 Å². The number of H-pyrrole nitrogens is 1. The van der Waals surface area contributed by atoms with Gasteiger partial charge in [0.2, 0.25) is 5.69 Å². The van der Waals surface area contributed by atoms with Gasteiger partial charge in [-0.2, -0.15) is 9.38 Å². The molecule has 0 saturated carbocycles. The summed E-state index contributed by atoms with van der Waals surface area (Å²) in [6.45, 7) is 11.4. The predicted molar refractivity (Wildman–Crippen MR) is 117 cm³/mol. The minimum Gasteiger partial charge on any atom is -0.377 e. The molecular weight excluding hydrogens is 386 g/mol. The molecule has 1 fully saturated rings. The maximum atomic E-state index is 5.85. The van der Waals surface area contributed by atoms with Gasteiger partial charge < -0.3 is 14.5 Å². The first-order valence-corrected chi connectivity index (χ1v) is 11.0. The lowest BCUT2D eigenvalue weighted by molar-refractivity contribution is -0.732. The van der Waals surface area contributed by atoms with Crippen molar-refractivity contribution in [3.05, 3.63) is 41.2 Å². The Balaban J connectivity index is 1.30. The number of aryl methyl sites for hydroxylation is 2. The van der Waals surface area contributed by atoms with Crippen LogP contribution in [-0.4, -0.2) is 61.3 Å². The van der Waals surface area contributed by atoms with E-state index >= 15 is 0 Å². The van der Waals surface area contributed by atoms with Gasteiger partial charge in [-0.1, -0.05) is 12.1 Å². The van der Waals surface area contributed by atoms with E-state index in [0.29, 0.717) is 6.61 Å². The van der Waals surface area contributed by atoms with Crippen molar-refractivity contribution < 1.29 is 13.7 Å². The largest absolute Gasteiger partial charge is 0.377 e. The number of hydrogen-bond acceptors (Lipinski definition) is 6. The summed E-state index contributed by atoms with van der Waals surface area (Å²) < 4.78 is 13.4. The Bertz CT molecular complexity index is 757. The molecule has 1 aromatic carbocycles. The number of aromatic amines is 1. The van der Waals surface area contributed by atoms with Crippen molar-refractivity contribution in [1.29, 1.82) is 0 Å². The van der Waals surface area contributed by atoms with Gasteiger partial charge in [-0.25, -0.2) is 5.48 Å². The summed E-state index contributed by atoms with van der Waals surface area (Å²) in [4.78, 5) is 5.96. The molecule has 1 saturated heterocycles. The molecule has 0 unspecified atom stereocenters. The molecule has 29 heavy (non-hydrogen) atoms. The minimum atomic E-state index is 0.658. The Morgan fingerprint density at radius 3 is 2.52 bits per heavy atom. The Labute approximate surface area is 178 Å². The van der Waals surface area contributed by atoms with Crippen LogP contribution in [0.15, 0.2) is 29.2 Å². The number of rotatable bonds is 10. The Morgan fingerprint density at radius 1 is 1.14 bits per heavy atom. The number of aromatic nitrogens is 2. The number of ether oxygens (including phenoxy) is 1. The number of hydrogen-bond donors (Lipinski definition) is 2. The standard InChI is InChI=1S/C21H33N5O2S/c1-17-21(18(2)25(4)22-17)23-28-29-20-8-6-19(7-9-20)16-27-15-5-10-26-13-11-24(3)12-14-26/h6-9,23H,5,10-16H2,1-4H3/p+1. The normalized spacial score (nSPS) is 15.7. The third-order valence-corrected chi connectivity index (χ3v) is 6.04. The first-order chi connectivity index (χ1) is 14.0. The first-order valence-electron chi connectivity index (χ1n) is 10.2. The molecular formula is C21H34N5O2S+. The summed E-state index contributed by atoms with van der Waals surface area (Å²) in [5, 5.41) is 3.23. The lowest BCUT2D eigenvalue weighted by Crippen LogP contribution is -2.44. The average Bonchev–Trinajstić information content (AvgIpc) is 2.96.